The molecule has 0 heteroatoms. The van der Waals surface area contributed by atoms with Crippen molar-refractivity contribution in [3.8, 4) is 22.3 Å². The van der Waals surface area contributed by atoms with E-state index in [1.54, 1.807) is 11.1 Å². The van der Waals surface area contributed by atoms with Crippen molar-refractivity contribution in [3.63, 3.8) is 0 Å². The van der Waals surface area contributed by atoms with Gasteiger partial charge in [0.25, 0.3) is 0 Å². The Hall–Kier alpha value is -3.12. The van der Waals surface area contributed by atoms with Crippen LogP contribution in [0.2, 0.25) is 0 Å². The summed E-state index contributed by atoms with van der Waals surface area (Å²) in [5, 5.41) is 2.76. The van der Waals surface area contributed by atoms with Gasteiger partial charge in [-0.05, 0) is 57.0 Å². The average Bonchev–Trinajstić information content (AvgIpc) is 2.79. The second-order valence-corrected chi connectivity index (χ2v) is 8.03. The summed E-state index contributed by atoms with van der Waals surface area (Å²) in [5.74, 6) is 1.06. The van der Waals surface area contributed by atoms with E-state index in [0.717, 1.165) is 0 Å². The van der Waals surface area contributed by atoms with Gasteiger partial charge in [0.15, 0.2) is 0 Å². The maximum Gasteiger partial charge on any atom is 0.00280 e. The highest BCUT2D eigenvalue weighted by molar-refractivity contribution is 6.08. The molecule has 0 aliphatic heterocycles. The molecular formula is C28H22. The van der Waals surface area contributed by atoms with Crippen molar-refractivity contribution in [2.45, 2.75) is 24.7 Å². The summed E-state index contributed by atoms with van der Waals surface area (Å²) in [6, 6.07) is 31.0. The molecule has 0 spiro atoms. The van der Waals surface area contributed by atoms with Crippen LogP contribution in [0.4, 0.5) is 0 Å². The van der Waals surface area contributed by atoms with Crippen LogP contribution < -0.4 is 0 Å². The number of hydrogen-bond donors (Lipinski definition) is 0. The van der Waals surface area contributed by atoms with Crippen molar-refractivity contribution in [3.05, 3.63) is 108 Å². The Labute approximate surface area is 166 Å². The first-order chi connectivity index (χ1) is 13.9. The van der Waals surface area contributed by atoms with Crippen LogP contribution in [0.15, 0.2) is 97.1 Å². The minimum atomic E-state index is 0.530. The highest BCUT2D eigenvalue weighted by Crippen LogP contribution is 2.55. The third-order valence-corrected chi connectivity index (χ3v) is 6.53. The largest absolute Gasteiger partial charge is 0.0804 e. The topological polar surface area (TPSA) is 0 Å². The summed E-state index contributed by atoms with van der Waals surface area (Å²) in [7, 11) is 0. The molecule has 2 bridgehead atoms. The Morgan fingerprint density at radius 3 is 1.25 bits per heavy atom. The molecule has 0 N–H and O–H groups in total. The van der Waals surface area contributed by atoms with E-state index in [9.17, 15) is 0 Å². The average molecular weight is 358 g/mol. The van der Waals surface area contributed by atoms with Gasteiger partial charge in [0, 0.05) is 11.8 Å². The summed E-state index contributed by atoms with van der Waals surface area (Å²) in [5.41, 5.74) is 8.73. The van der Waals surface area contributed by atoms with Crippen LogP contribution in [-0.2, 0) is 0 Å². The summed E-state index contributed by atoms with van der Waals surface area (Å²) < 4.78 is 0. The molecule has 0 nitrogen and oxygen atoms in total. The quantitative estimate of drug-likeness (QED) is 0.322. The predicted molar refractivity (Wildman–Crippen MR) is 119 cm³/mol. The standard InChI is InChI=1S/C28H22/c1-3-9-19(10-4-1)25-23-13-7-8-14-24(23)26(20-11-5-2-6-12-20)28-22-17-15-21(16-18-22)27(25)28/h1-15,17,21-22H,16,18H2. The van der Waals surface area contributed by atoms with Crippen LogP contribution >= 0.6 is 0 Å². The van der Waals surface area contributed by atoms with Crippen LogP contribution in [-0.4, -0.2) is 0 Å². The fourth-order valence-electron chi connectivity index (χ4n) is 5.38. The number of rotatable bonds is 2. The first-order valence-corrected chi connectivity index (χ1v) is 10.3. The lowest BCUT2D eigenvalue weighted by atomic mass is 9.66. The normalized spacial score (nSPS) is 19.7. The van der Waals surface area contributed by atoms with Crippen molar-refractivity contribution in [2.75, 3.05) is 0 Å². The minimum absolute atomic E-state index is 0.530. The van der Waals surface area contributed by atoms with Crippen molar-refractivity contribution in [1.29, 1.82) is 0 Å². The van der Waals surface area contributed by atoms with Crippen LogP contribution in [0, 0.1) is 0 Å². The fraction of sp³-hybridized carbons (Fsp3) is 0.143. The second kappa shape index (κ2) is 6.21. The van der Waals surface area contributed by atoms with E-state index in [-0.39, 0.29) is 0 Å². The van der Waals surface area contributed by atoms with Crippen LogP contribution in [0.1, 0.15) is 35.8 Å². The molecule has 0 aromatic heterocycles. The van der Waals surface area contributed by atoms with Gasteiger partial charge in [0.05, 0.1) is 0 Å². The van der Waals surface area contributed by atoms with Crippen LogP contribution in [0.25, 0.3) is 33.0 Å². The molecule has 4 aromatic rings. The molecule has 2 unspecified atom stereocenters. The van der Waals surface area contributed by atoms with E-state index in [1.807, 2.05) is 0 Å². The van der Waals surface area contributed by atoms with Gasteiger partial charge < -0.3 is 0 Å². The second-order valence-electron chi connectivity index (χ2n) is 8.03. The van der Waals surface area contributed by atoms with Crippen molar-refractivity contribution in [2.24, 2.45) is 0 Å². The van der Waals surface area contributed by atoms with Crippen molar-refractivity contribution < 1.29 is 0 Å². The molecule has 28 heavy (non-hydrogen) atoms. The van der Waals surface area contributed by atoms with E-state index in [1.165, 1.54) is 45.9 Å². The van der Waals surface area contributed by atoms with E-state index in [0.29, 0.717) is 11.8 Å². The maximum atomic E-state index is 2.46. The van der Waals surface area contributed by atoms with Gasteiger partial charge >= 0.3 is 0 Å². The molecule has 4 aromatic carbocycles. The summed E-state index contributed by atoms with van der Waals surface area (Å²) in [6.07, 6.45) is 7.46. The SMILES string of the molecule is C1=CC2CCC1c1c2c(-c2ccccc2)c2ccccc2c1-c1ccccc1. The molecule has 0 fully saturated rings. The Kier molecular flexibility index (Phi) is 3.52. The summed E-state index contributed by atoms with van der Waals surface area (Å²) in [6.45, 7) is 0. The van der Waals surface area contributed by atoms with Gasteiger partial charge in [-0.1, -0.05) is 97.1 Å². The predicted octanol–water partition coefficient (Wildman–Crippen LogP) is 7.70. The summed E-state index contributed by atoms with van der Waals surface area (Å²) >= 11 is 0. The number of fused-ring (bicyclic) bond motifs is 2. The molecule has 0 amide bonds. The monoisotopic (exact) mass is 358 g/mol. The molecule has 0 radical (unpaired) electrons. The molecule has 3 aliphatic rings. The molecule has 0 saturated carbocycles. The van der Waals surface area contributed by atoms with E-state index in [4.69, 9.17) is 0 Å². The fourth-order valence-corrected chi connectivity index (χ4v) is 5.38. The molecule has 7 rings (SSSR count). The molecule has 134 valence electrons. The Morgan fingerprint density at radius 2 is 0.857 bits per heavy atom. The molecule has 0 heterocycles. The third kappa shape index (κ3) is 2.24. The van der Waals surface area contributed by atoms with Crippen LogP contribution in [0.3, 0.4) is 0 Å². The van der Waals surface area contributed by atoms with Crippen LogP contribution in [0.5, 0.6) is 0 Å². The smallest absolute Gasteiger partial charge is 0.00280 e. The lowest BCUT2D eigenvalue weighted by molar-refractivity contribution is 0.556. The highest BCUT2D eigenvalue weighted by atomic mass is 14.4. The Morgan fingerprint density at radius 1 is 0.464 bits per heavy atom. The summed E-state index contributed by atoms with van der Waals surface area (Å²) in [4.78, 5) is 0. The Balaban J connectivity index is 1.82. The van der Waals surface area contributed by atoms with Gasteiger partial charge in [-0.3, -0.25) is 0 Å². The Bertz CT molecular complexity index is 1100. The van der Waals surface area contributed by atoms with Crippen molar-refractivity contribution in [1.82, 2.24) is 0 Å². The number of allylic oxidation sites excluding steroid dienone is 2. The van der Waals surface area contributed by atoms with Gasteiger partial charge in [0.2, 0.25) is 0 Å². The molecule has 2 atom stereocenters. The highest BCUT2D eigenvalue weighted by Gasteiger charge is 2.35. The van der Waals surface area contributed by atoms with Gasteiger partial charge in [-0.25, -0.2) is 0 Å². The first-order valence-electron chi connectivity index (χ1n) is 10.3. The zero-order valence-electron chi connectivity index (χ0n) is 15.8. The minimum Gasteiger partial charge on any atom is -0.0804 e. The van der Waals surface area contributed by atoms with E-state index < -0.39 is 0 Å². The van der Waals surface area contributed by atoms with E-state index >= 15 is 0 Å². The maximum absolute atomic E-state index is 2.46. The van der Waals surface area contributed by atoms with Gasteiger partial charge in [-0.2, -0.15) is 0 Å². The lowest BCUT2D eigenvalue weighted by Crippen LogP contribution is -2.19. The molecule has 3 aliphatic carbocycles. The number of hydrogen-bond acceptors (Lipinski definition) is 0. The molecular weight excluding hydrogens is 336 g/mol. The molecule has 0 saturated heterocycles. The van der Waals surface area contributed by atoms with Crippen molar-refractivity contribution >= 4 is 10.8 Å². The first kappa shape index (κ1) is 15.9. The van der Waals surface area contributed by atoms with E-state index in [2.05, 4.69) is 97.1 Å². The lowest BCUT2D eigenvalue weighted by Gasteiger charge is -2.38. The van der Waals surface area contributed by atoms with Gasteiger partial charge in [-0.15, -0.1) is 0 Å². The number of benzene rings is 4. The zero-order chi connectivity index (χ0) is 18.5. The van der Waals surface area contributed by atoms with Gasteiger partial charge in [0.1, 0.15) is 0 Å². The zero-order valence-corrected chi connectivity index (χ0v) is 15.8. The third-order valence-electron chi connectivity index (χ3n) is 6.53.